The minimum atomic E-state index is 0.578. The highest BCUT2D eigenvalue weighted by Crippen LogP contribution is 2.24. The second kappa shape index (κ2) is 7.98. The Balaban J connectivity index is 1.49. The first-order chi connectivity index (χ1) is 13.6. The van der Waals surface area contributed by atoms with Gasteiger partial charge >= 0.3 is 0 Å². The fraction of sp³-hybridized carbons (Fsp3) is 0.300. The van der Waals surface area contributed by atoms with Crippen LogP contribution in [0.2, 0.25) is 5.02 Å². The number of aryl methyl sites for hydroxylation is 2. The van der Waals surface area contributed by atoms with Crippen LogP contribution in [0.15, 0.2) is 42.7 Å². The van der Waals surface area contributed by atoms with Crippen LogP contribution in [-0.4, -0.2) is 46.1 Å². The molecule has 2 aromatic heterocycles. The van der Waals surface area contributed by atoms with E-state index in [9.17, 15) is 0 Å². The van der Waals surface area contributed by atoms with Gasteiger partial charge < -0.3 is 15.1 Å². The van der Waals surface area contributed by atoms with E-state index in [1.54, 1.807) is 12.4 Å². The number of hydrogen-bond donors (Lipinski definition) is 1. The van der Waals surface area contributed by atoms with Crippen molar-refractivity contribution in [2.75, 3.05) is 41.3 Å². The molecular weight excluding hydrogens is 374 g/mol. The van der Waals surface area contributed by atoms with Crippen molar-refractivity contribution >= 4 is 35.0 Å². The Morgan fingerprint density at radius 1 is 0.929 bits per heavy atom. The van der Waals surface area contributed by atoms with Crippen molar-refractivity contribution in [2.45, 2.75) is 13.8 Å². The molecule has 1 N–H and O–H groups in total. The molecule has 0 amide bonds. The highest BCUT2D eigenvalue weighted by Gasteiger charge is 2.20. The standard InChI is InChI=1S/C20H22ClN7/c1-14-4-5-16(21)13-17(14)25-19-24-15(2)12-18(26-19)27-8-10-28(11-9-27)20-22-6-3-7-23-20/h3-7,12-13H,8-11H2,1-2H3,(H,24,25,26). The molecule has 8 heteroatoms. The summed E-state index contributed by atoms with van der Waals surface area (Å²) in [4.78, 5) is 22.4. The molecule has 4 rings (SSSR count). The summed E-state index contributed by atoms with van der Waals surface area (Å²) in [5.74, 6) is 2.28. The molecule has 0 radical (unpaired) electrons. The van der Waals surface area contributed by atoms with Crippen molar-refractivity contribution in [1.82, 2.24) is 19.9 Å². The van der Waals surface area contributed by atoms with E-state index in [1.807, 2.05) is 44.2 Å². The van der Waals surface area contributed by atoms with Crippen molar-refractivity contribution < 1.29 is 0 Å². The highest BCUT2D eigenvalue weighted by molar-refractivity contribution is 6.30. The van der Waals surface area contributed by atoms with Crippen LogP contribution >= 0.6 is 11.6 Å². The quantitative estimate of drug-likeness (QED) is 0.723. The molecular formula is C20H22ClN7. The third kappa shape index (κ3) is 4.14. The maximum Gasteiger partial charge on any atom is 0.229 e. The van der Waals surface area contributed by atoms with Gasteiger partial charge in [-0.3, -0.25) is 0 Å². The molecule has 1 aliphatic heterocycles. The number of nitrogens with one attached hydrogen (secondary N) is 1. The first-order valence-corrected chi connectivity index (χ1v) is 9.62. The zero-order chi connectivity index (χ0) is 19.5. The maximum absolute atomic E-state index is 6.13. The summed E-state index contributed by atoms with van der Waals surface area (Å²) in [6.07, 6.45) is 3.55. The van der Waals surface area contributed by atoms with Crippen LogP contribution in [0.3, 0.4) is 0 Å². The van der Waals surface area contributed by atoms with Gasteiger partial charge in [-0.05, 0) is 37.6 Å². The lowest BCUT2D eigenvalue weighted by Crippen LogP contribution is -2.47. The highest BCUT2D eigenvalue weighted by atomic mass is 35.5. The van der Waals surface area contributed by atoms with E-state index < -0.39 is 0 Å². The van der Waals surface area contributed by atoms with E-state index in [1.165, 1.54) is 0 Å². The Hall–Kier alpha value is -2.93. The lowest BCUT2D eigenvalue weighted by molar-refractivity contribution is 0.634. The van der Waals surface area contributed by atoms with Gasteiger partial charge in [-0.1, -0.05) is 17.7 Å². The number of aromatic nitrogens is 4. The first kappa shape index (κ1) is 18.4. The predicted octanol–water partition coefficient (Wildman–Crippen LogP) is 3.61. The van der Waals surface area contributed by atoms with Crippen molar-refractivity contribution in [1.29, 1.82) is 0 Å². The predicted molar refractivity (Wildman–Crippen MR) is 113 cm³/mol. The molecule has 0 atom stereocenters. The Morgan fingerprint density at radius 2 is 1.64 bits per heavy atom. The normalized spacial score (nSPS) is 14.2. The van der Waals surface area contributed by atoms with Gasteiger partial charge in [0.2, 0.25) is 11.9 Å². The van der Waals surface area contributed by atoms with Crippen molar-refractivity contribution in [3.8, 4) is 0 Å². The van der Waals surface area contributed by atoms with Gasteiger partial charge in [-0.2, -0.15) is 4.98 Å². The summed E-state index contributed by atoms with van der Waals surface area (Å²) in [6.45, 7) is 7.41. The van der Waals surface area contributed by atoms with Gasteiger partial charge in [0, 0.05) is 61.0 Å². The summed E-state index contributed by atoms with van der Waals surface area (Å²) in [7, 11) is 0. The molecule has 1 aliphatic rings. The molecule has 28 heavy (non-hydrogen) atoms. The van der Waals surface area contributed by atoms with Crippen molar-refractivity contribution in [3.05, 3.63) is 59.0 Å². The van der Waals surface area contributed by atoms with Crippen LogP contribution in [0.5, 0.6) is 0 Å². The molecule has 1 aromatic carbocycles. The minimum absolute atomic E-state index is 0.578. The van der Waals surface area contributed by atoms with Gasteiger partial charge in [0.15, 0.2) is 0 Å². The summed E-state index contributed by atoms with van der Waals surface area (Å²) < 4.78 is 0. The van der Waals surface area contributed by atoms with E-state index in [0.717, 1.165) is 54.9 Å². The van der Waals surface area contributed by atoms with Gasteiger partial charge in [0.25, 0.3) is 0 Å². The number of benzene rings is 1. The summed E-state index contributed by atoms with van der Waals surface area (Å²) in [6, 6.07) is 9.60. The molecule has 0 saturated carbocycles. The lowest BCUT2D eigenvalue weighted by atomic mass is 10.2. The topological polar surface area (TPSA) is 70.1 Å². The average molecular weight is 396 g/mol. The number of anilines is 4. The van der Waals surface area contributed by atoms with Crippen LogP contribution in [0.1, 0.15) is 11.3 Å². The fourth-order valence-electron chi connectivity index (χ4n) is 3.21. The fourth-order valence-corrected chi connectivity index (χ4v) is 3.38. The van der Waals surface area contributed by atoms with Gasteiger partial charge in [-0.25, -0.2) is 15.0 Å². The number of rotatable bonds is 4. The largest absolute Gasteiger partial charge is 0.353 e. The molecule has 7 nitrogen and oxygen atoms in total. The van der Waals surface area contributed by atoms with Crippen molar-refractivity contribution in [2.24, 2.45) is 0 Å². The van der Waals surface area contributed by atoms with E-state index in [0.29, 0.717) is 11.0 Å². The third-order valence-corrected chi connectivity index (χ3v) is 4.96. The molecule has 144 valence electrons. The molecule has 0 aliphatic carbocycles. The Kier molecular flexibility index (Phi) is 5.25. The molecule has 1 fully saturated rings. The van der Waals surface area contributed by atoms with Gasteiger partial charge in [0.05, 0.1) is 0 Å². The number of halogens is 1. The molecule has 0 spiro atoms. The van der Waals surface area contributed by atoms with Gasteiger partial charge in [0.1, 0.15) is 5.82 Å². The summed E-state index contributed by atoms with van der Waals surface area (Å²) in [5, 5.41) is 3.98. The smallest absolute Gasteiger partial charge is 0.229 e. The summed E-state index contributed by atoms with van der Waals surface area (Å²) >= 11 is 6.13. The van der Waals surface area contributed by atoms with Crippen LogP contribution in [0.25, 0.3) is 0 Å². The van der Waals surface area contributed by atoms with Gasteiger partial charge in [-0.15, -0.1) is 0 Å². The van der Waals surface area contributed by atoms with E-state index in [-0.39, 0.29) is 0 Å². The van der Waals surface area contributed by atoms with Crippen LogP contribution in [0, 0.1) is 13.8 Å². The zero-order valence-corrected chi connectivity index (χ0v) is 16.7. The van der Waals surface area contributed by atoms with Crippen LogP contribution in [0.4, 0.5) is 23.4 Å². The SMILES string of the molecule is Cc1cc(N2CCN(c3ncccn3)CC2)nc(Nc2cc(Cl)ccc2C)n1. The molecule has 0 unspecified atom stereocenters. The number of hydrogen-bond acceptors (Lipinski definition) is 7. The molecule has 0 bridgehead atoms. The second-order valence-corrected chi connectivity index (χ2v) is 7.23. The molecule has 3 heterocycles. The zero-order valence-electron chi connectivity index (χ0n) is 15.9. The maximum atomic E-state index is 6.13. The third-order valence-electron chi connectivity index (χ3n) is 4.73. The van der Waals surface area contributed by atoms with E-state index in [4.69, 9.17) is 16.6 Å². The summed E-state index contributed by atoms with van der Waals surface area (Å²) in [5.41, 5.74) is 2.92. The Labute approximate surface area is 169 Å². The van der Waals surface area contributed by atoms with Crippen LogP contribution in [-0.2, 0) is 0 Å². The minimum Gasteiger partial charge on any atom is -0.353 e. The second-order valence-electron chi connectivity index (χ2n) is 6.80. The van der Waals surface area contributed by atoms with E-state index in [2.05, 4.69) is 30.1 Å². The number of piperazine rings is 1. The van der Waals surface area contributed by atoms with Crippen molar-refractivity contribution in [3.63, 3.8) is 0 Å². The Morgan fingerprint density at radius 3 is 2.39 bits per heavy atom. The Bertz CT molecular complexity index is 956. The average Bonchev–Trinajstić information content (AvgIpc) is 2.71. The van der Waals surface area contributed by atoms with E-state index >= 15 is 0 Å². The monoisotopic (exact) mass is 395 g/mol. The first-order valence-electron chi connectivity index (χ1n) is 9.24. The van der Waals surface area contributed by atoms with Crippen LogP contribution < -0.4 is 15.1 Å². The number of nitrogens with zero attached hydrogens (tertiary/aromatic N) is 6. The molecule has 1 saturated heterocycles. The lowest BCUT2D eigenvalue weighted by Gasteiger charge is -2.35. The molecule has 3 aromatic rings.